The molecule has 2 aromatic heterocycles. The van der Waals surface area contributed by atoms with E-state index >= 15 is 0 Å². The first-order valence-corrected chi connectivity index (χ1v) is 12.2. The van der Waals surface area contributed by atoms with Crippen LogP contribution in [-0.2, 0) is 5.54 Å². The van der Waals surface area contributed by atoms with E-state index in [9.17, 15) is 18.0 Å². The van der Waals surface area contributed by atoms with Crippen LogP contribution in [0.25, 0.3) is 10.9 Å². The van der Waals surface area contributed by atoms with E-state index in [0.717, 1.165) is 37.6 Å². The molecule has 2 aliphatic rings. The van der Waals surface area contributed by atoms with Crippen molar-refractivity contribution in [1.82, 2.24) is 20.1 Å². The Kier molecular flexibility index (Phi) is 6.14. The third-order valence-corrected chi connectivity index (χ3v) is 7.33. The SMILES string of the molecule is O=c1[nH]ccc2c1c(Nc1ccc(C3(C(F)(F)F)CCCCN3)cc1)nn2C1CCCCCC1. The zero-order valence-corrected chi connectivity index (χ0v) is 19.0. The standard InChI is InChI=1S/C25H30F3N5O/c26-25(27,28)24(14-5-6-15-30-24)17-9-11-18(12-10-17)31-22-21-20(13-16-29-23(21)34)33(32-22)19-7-3-1-2-4-8-19/h9-13,16,19,30H,1-8,14-15H2,(H,29,34)(H,31,32). The van der Waals surface area contributed by atoms with Gasteiger partial charge in [-0.25, -0.2) is 0 Å². The fourth-order valence-electron chi connectivity index (χ4n) is 5.50. The molecule has 1 saturated heterocycles. The normalized spacial score (nSPS) is 22.6. The number of benzene rings is 1. The highest BCUT2D eigenvalue weighted by molar-refractivity contribution is 5.91. The van der Waals surface area contributed by atoms with Gasteiger partial charge in [0.1, 0.15) is 10.9 Å². The van der Waals surface area contributed by atoms with E-state index in [0.29, 0.717) is 29.9 Å². The highest BCUT2D eigenvalue weighted by Gasteiger charge is 2.55. The van der Waals surface area contributed by atoms with Crippen LogP contribution in [0.1, 0.15) is 69.4 Å². The molecule has 1 aromatic carbocycles. The van der Waals surface area contributed by atoms with Gasteiger partial charge in [-0.05, 0) is 62.4 Å². The number of aromatic nitrogens is 3. The molecule has 0 radical (unpaired) electrons. The summed E-state index contributed by atoms with van der Waals surface area (Å²) in [5, 5.41) is 11.2. The Balaban J connectivity index is 1.47. The van der Waals surface area contributed by atoms with Gasteiger partial charge in [-0.1, -0.05) is 37.8 Å². The van der Waals surface area contributed by atoms with E-state index in [4.69, 9.17) is 5.10 Å². The molecule has 1 atom stereocenters. The molecule has 3 heterocycles. The first-order chi connectivity index (χ1) is 16.4. The van der Waals surface area contributed by atoms with E-state index in [1.165, 1.54) is 25.0 Å². The Morgan fingerprint density at radius 3 is 2.38 bits per heavy atom. The van der Waals surface area contributed by atoms with E-state index in [2.05, 4.69) is 15.6 Å². The topological polar surface area (TPSA) is 74.7 Å². The van der Waals surface area contributed by atoms with Crippen LogP contribution in [0.4, 0.5) is 24.7 Å². The van der Waals surface area contributed by atoms with Crippen molar-refractivity contribution in [3.8, 4) is 0 Å². The third kappa shape index (κ3) is 4.10. The molecule has 182 valence electrons. The maximum atomic E-state index is 14.0. The molecular weight excluding hydrogens is 443 g/mol. The summed E-state index contributed by atoms with van der Waals surface area (Å²) in [5.41, 5.74) is -0.685. The number of piperidine rings is 1. The minimum Gasteiger partial charge on any atom is -0.338 e. The third-order valence-electron chi connectivity index (χ3n) is 7.33. The van der Waals surface area contributed by atoms with Gasteiger partial charge in [-0.15, -0.1) is 0 Å². The number of pyridine rings is 1. The van der Waals surface area contributed by atoms with E-state index < -0.39 is 11.7 Å². The van der Waals surface area contributed by atoms with Crippen LogP contribution in [0, 0.1) is 0 Å². The second kappa shape index (κ2) is 9.09. The Labute approximate surface area is 195 Å². The van der Waals surface area contributed by atoms with Gasteiger partial charge in [0.05, 0.1) is 11.6 Å². The number of anilines is 2. The number of hydrogen-bond acceptors (Lipinski definition) is 4. The largest absolute Gasteiger partial charge is 0.410 e. The predicted octanol–water partition coefficient (Wildman–Crippen LogP) is 5.89. The average molecular weight is 474 g/mol. The number of fused-ring (bicyclic) bond motifs is 1. The highest BCUT2D eigenvalue weighted by Crippen LogP contribution is 2.44. The average Bonchev–Trinajstić information content (AvgIpc) is 3.00. The summed E-state index contributed by atoms with van der Waals surface area (Å²) in [6, 6.07) is 8.39. The fourth-order valence-corrected chi connectivity index (χ4v) is 5.50. The molecule has 1 saturated carbocycles. The van der Waals surface area contributed by atoms with Crippen molar-refractivity contribution >= 4 is 22.4 Å². The van der Waals surface area contributed by atoms with Crippen LogP contribution in [0.2, 0.25) is 0 Å². The lowest BCUT2D eigenvalue weighted by molar-refractivity contribution is -0.207. The summed E-state index contributed by atoms with van der Waals surface area (Å²) >= 11 is 0. The zero-order valence-electron chi connectivity index (χ0n) is 19.0. The van der Waals surface area contributed by atoms with Crippen molar-refractivity contribution in [1.29, 1.82) is 0 Å². The molecule has 0 amide bonds. The fraction of sp³-hybridized carbons (Fsp3) is 0.520. The van der Waals surface area contributed by atoms with Crippen molar-refractivity contribution in [3.05, 3.63) is 52.4 Å². The van der Waals surface area contributed by atoms with Crippen LogP contribution in [-0.4, -0.2) is 27.5 Å². The second-order valence-corrected chi connectivity index (χ2v) is 9.49. The van der Waals surface area contributed by atoms with Gasteiger partial charge in [-0.2, -0.15) is 18.3 Å². The number of aromatic amines is 1. The number of nitrogens with one attached hydrogen (secondary N) is 3. The number of rotatable bonds is 4. The smallest absolute Gasteiger partial charge is 0.338 e. The number of hydrogen-bond donors (Lipinski definition) is 3. The molecule has 9 heteroatoms. The highest BCUT2D eigenvalue weighted by atomic mass is 19.4. The minimum atomic E-state index is -4.39. The van der Waals surface area contributed by atoms with E-state index in [1.54, 1.807) is 18.3 Å². The Hall–Kier alpha value is -2.81. The van der Waals surface area contributed by atoms with Crippen LogP contribution < -0.4 is 16.2 Å². The van der Waals surface area contributed by atoms with Gasteiger partial charge < -0.3 is 10.3 Å². The molecule has 6 nitrogen and oxygen atoms in total. The molecule has 1 unspecified atom stereocenters. The maximum Gasteiger partial charge on any atom is 0.410 e. The summed E-state index contributed by atoms with van der Waals surface area (Å²) in [6.07, 6.45) is 5.26. The van der Waals surface area contributed by atoms with Gasteiger partial charge in [0, 0.05) is 11.9 Å². The molecule has 5 rings (SSSR count). The van der Waals surface area contributed by atoms with E-state index in [-0.39, 0.29) is 23.6 Å². The molecule has 0 spiro atoms. The molecular formula is C25H30F3N5O. The number of halogens is 3. The molecule has 1 aliphatic heterocycles. The minimum absolute atomic E-state index is 0.0229. The van der Waals surface area contributed by atoms with Crippen molar-refractivity contribution in [2.45, 2.75) is 75.5 Å². The van der Waals surface area contributed by atoms with Crippen molar-refractivity contribution in [2.24, 2.45) is 0 Å². The summed E-state index contributed by atoms with van der Waals surface area (Å²) in [7, 11) is 0. The summed E-state index contributed by atoms with van der Waals surface area (Å²) in [5.74, 6) is 0.426. The maximum absolute atomic E-state index is 14.0. The van der Waals surface area contributed by atoms with Gasteiger partial charge in [-0.3, -0.25) is 14.8 Å². The Bertz CT molecular complexity index is 1180. The van der Waals surface area contributed by atoms with E-state index in [1.807, 2.05) is 10.7 Å². The molecule has 1 aliphatic carbocycles. The zero-order chi connectivity index (χ0) is 23.8. The van der Waals surface area contributed by atoms with Crippen LogP contribution in [0.3, 0.4) is 0 Å². The predicted molar refractivity (Wildman–Crippen MR) is 126 cm³/mol. The van der Waals surface area contributed by atoms with Gasteiger partial charge in [0.2, 0.25) is 0 Å². The molecule has 34 heavy (non-hydrogen) atoms. The van der Waals surface area contributed by atoms with Crippen molar-refractivity contribution in [3.63, 3.8) is 0 Å². The monoisotopic (exact) mass is 473 g/mol. The summed E-state index contributed by atoms with van der Waals surface area (Å²) < 4.78 is 44.0. The van der Waals surface area contributed by atoms with Gasteiger partial charge in [0.15, 0.2) is 5.82 Å². The van der Waals surface area contributed by atoms with Crippen LogP contribution in [0.5, 0.6) is 0 Å². The molecule has 3 aromatic rings. The van der Waals surface area contributed by atoms with Crippen LogP contribution in [0.15, 0.2) is 41.3 Å². The van der Waals surface area contributed by atoms with Gasteiger partial charge in [0.25, 0.3) is 5.56 Å². The number of H-pyrrole nitrogens is 1. The molecule has 0 bridgehead atoms. The quantitative estimate of drug-likeness (QED) is 0.413. The first-order valence-electron chi connectivity index (χ1n) is 12.2. The summed E-state index contributed by atoms with van der Waals surface area (Å²) in [4.78, 5) is 15.4. The van der Waals surface area contributed by atoms with Crippen molar-refractivity contribution < 1.29 is 13.2 Å². The Morgan fingerprint density at radius 2 is 1.74 bits per heavy atom. The number of alkyl halides is 3. The second-order valence-electron chi connectivity index (χ2n) is 9.49. The first kappa shape index (κ1) is 23.0. The lowest BCUT2D eigenvalue weighted by atomic mass is 9.81. The molecule has 2 fully saturated rings. The summed E-state index contributed by atoms with van der Waals surface area (Å²) in [6.45, 7) is 0.340. The Morgan fingerprint density at radius 1 is 1.00 bits per heavy atom. The molecule has 3 N–H and O–H groups in total. The lowest BCUT2D eigenvalue weighted by Gasteiger charge is -2.40. The van der Waals surface area contributed by atoms with Gasteiger partial charge >= 0.3 is 6.18 Å². The lowest BCUT2D eigenvalue weighted by Crippen LogP contribution is -2.56. The van der Waals surface area contributed by atoms with Crippen LogP contribution >= 0.6 is 0 Å². The number of nitrogens with zero attached hydrogens (tertiary/aromatic N) is 2. The van der Waals surface area contributed by atoms with Crippen molar-refractivity contribution in [2.75, 3.05) is 11.9 Å².